The van der Waals surface area contributed by atoms with Crippen LogP contribution in [-0.4, -0.2) is 94.0 Å². The Morgan fingerprint density at radius 2 is 1.67 bits per heavy atom. The average molecular weight is 1000 g/mol. The number of carbonyl (C=O) groups excluding carboxylic acids is 3. The lowest BCUT2D eigenvalue weighted by molar-refractivity contribution is -0.134. The van der Waals surface area contributed by atoms with E-state index in [0.29, 0.717) is 77.9 Å². The SMILES string of the molecule is Cc1c(OC2CCC(CC[C@@H](C)CN3CCN(c4nc5ccc(C6CCC(=O)NC6=O)cc5o4)CC3)CC2)cccc1-c1ccc(N2CCc3cccc(C(=O)Nc4nc5ccccc5s4)c3C2)nc1C(=O)O. The molecule has 0 bridgehead atoms. The van der Waals surface area contributed by atoms with Gasteiger partial charge in [0.15, 0.2) is 16.4 Å². The maximum Gasteiger partial charge on any atom is 0.355 e. The number of benzene rings is 4. The van der Waals surface area contributed by atoms with Crippen LogP contribution in [0.4, 0.5) is 17.0 Å². The summed E-state index contributed by atoms with van der Waals surface area (Å²) in [4.78, 5) is 71.6. The Morgan fingerprint density at radius 1 is 0.849 bits per heavy atom. The van der Waals surface area contributed by atoms with E-state index in [-0.39, 0.29) is 35.4 Å². The molecule has 3 fully saturated rings. The van der Waals surface area contributed by atoms with Gasteiger partial charge in [0.2, 0.25) is 11.8 Å². The average Bonchev–Trinajstić information content (AvgIpc) is 4.03. The molecule has 3 amide bonds. The first-order valence-corrected chi connectivity index (χ1v) is 26.6. The van der Waals surface area contributed by atoms with E-state index in [9.17, 15) is 24.3 Å². The topological polar surface area (TPSA) is 183 Å². The zero-order chi connectivity index (χ0) is 50.2. The predicted octanol–water partition coefficient (Wildman–Crippen LogP) is 10.0. The minimum Gasteiger partial charge on any atom is -0.490 e. The highest BCUT2D eigenvalue weighted by Crippen LogP contribution is 2.38. The number of carbonyl (C=O) groups is 4. The smallest absolute Gasteiger partial charge is 0.355 e. The Kier molecular flexibility index (Phi) is 13.7. The largest absolute Gasteiger partial charge is 0.490 e. The van der Waals surface area contributed by atoms with Gasteiger partial charge >= 0.3 is 5.97 Å². The van der Waals surface area contributed by atoms with Gasteiger partial charge < -0.3 is 24.1 Å². The summed E-state index contributed by atoms with van der Waals surface area (Å²) in [5, 5.41) is 16.5. The predicted molar refractivity (Wildman–Crippen MR) is 283 cm³/mol. The van der Waals surface area contributed by atoms with E-state index in [4.69, 9.17) is 19.1 Å². The molecule has 2 atom stereocenters. The zero-order valence-electron chi connectivity index (χ0n) is 41.3. The molecule has 6 heterocycles. The first-order valence-electron chi connectivity index (χ1n) is 25.7. The Balaban J connectivity index is 0.655. The number of piperidine rings is 1. The molecule has 2 saturated heterocycles. The number of para-hydroxylation sites is 1. The molecule has 15 nitrogen and oxygen atoms in total. The number of aromatic nitrogens is 3. The minimum absolute atomic E-state index is 0.0213. The van der Waals surface area contributed by atoms with Crippen LogP contribution in [0.1, 0.15) is 107 Å². The summed E-state index contributed by atoms with van der Waals surface area (Å²) in [5.41, 5.74) is 7.85. The van der Waals surface area contributed by atoms with E-state index in [1.54, 1.807) is 0 Å². The van der Waals surface area contributed by atoms with Gasteiger partial charge in [-0.2, -0.15) is 4.98 Å². The van der Waals surface area contributed by atoms with Crippen molar-refractivity contribution >= 4 is 73.3 Å². The highest BCUT2D eigenvalue weighted by Gasteiger charge is 2.31. The highest BCUT2D eigenvalue weighted by atomic mass is 32.1. The number of oxazole rings is 1. The Morgan fingerprint density at radius 3 is 2.48 bits per heavy atom. The lowest BCUT2D eigenvalue weighted by Gasteiger charge is -2.35. The maximum absolute atomic E-state index is 13.7. The number of imide groups is 1. The van der Waals surface area contributed by atoms with Crippen molar-refractivity contribution in [2.45, 2.75) is 90.2 Å². The normalized spacial score (nSPS) is 19.9. The van der Waals surface area contributed by atoms with Crippen LogP contribution >= 0.6 is 11.3 Å². The van der Waals surface area contributed by atoms with Crippen LogP contribution in [0.5, 0.6) is 5.75 Å². The third-order valence-corrected chi connectivity index (χ3v) is 16.4. The molecule has 73 heavy (non-hydrogen) atoms. The van der Waals surface area contributed by atoms with Gasteiger partial charge in [-0.25, -0.2) is 14.8 Å². The number of rotatable bonds is 14. The van der Waals surface area contributed by atoms with E-state index in [0.717, 1.165) is 108 Å². The third-order valence-electron chi connectivity index (χ3n) is 15.4. The summed E-state index contributed by atoms with van der Waals surface area (Å²) < 4.78 is 13.9. The van der Waals surface area contributed by atoms with Crippen LogP contribution in [0.2, 0.25) is 0 Å². The number of amides is 3. The van der Waals surface area contributed by atoms with E-state index in [1.165, 1.54) is 24.2 Å². The number of ether oxygens (including phenoxy) is 1. The van der Waals surface area contributed by atoms with Gasteiger partial charge in [0.05, 0.1) is 22.2 Å². The number of nitrogens with zero attached hydrogens (tertiary/aromatic N) is 6. The van der Waals surface area contributed by atoms with Crippen molar-refractivity contribution in [3.8, 4) is 16.9 Å². The molecule has 4 aromatic carbocycles. The molecule has 376 valence electrons. The van der Waals surface area contributed by atoms with Gasteiger partial charge in [0.25, 0.3) is 11.9 Å². The first kappa shape index (κ1) is 48.1. The van der Waals surface area contributed by atoms with E-state index < -0.39 is 5.97 Å². The molecule has 1 aliphatic carbocycles. The highest BCUT2D eigenvalue weighted by molar-refractivity contribution is 7.22. The van der Waals surface area contributed by atoms with Crippen molar-refractivity contribution in [2.75, 3.05) is 54.4 Å². The number of nitrogens with one attached hydrogen (secondary N) is 2. The lowest BCUT2D eigenvalue weighted by atomic mass is 9.83. The molecule has 0 spiro atoms. The fourth-order valence-electron chi connectivity index (χ4n) is 11.3. The van der Waals surface area contributed by atoms with E-state index >= 15 is 0 Å². The van der Waals surface area contributed by atoms with Crippen molar-refractivity contribution in [3.05, 3.63) is 125 Å². The number of carboxylic acid groups (broad SMARTS) is 1. The van der Waals surface area contributed by atoms with Gasteiger partial charge in [0, 0.05) is 63.4 Å². The molecule has 1 unspecified atom stereocenters. The first-order chi connectivity index (χ1) is 35.5. The number of anilines is 3. The van der Waals surface area contributed by atoms with Crippen LogP contribution in [0.3, 0.4) is 0 Å². The Bertz CT molecular complexity index is 3190. The van der Waals surface area contributed by atoms with Gasteiger partial charge in [-0.15, -0.1) is 0 Å². The van der Waals surface area contributed by atoms with Gasteiger partial charge in [-0.05, 0) is 140 Å². The number of fused-ring (bicyclic) bond motifs is 3. The monoisotopic (exact) mass is 1000 g/mol. The second kappa shape index (κ2) is 20.7. The Labute approximate surface area is 428 Å². The van der Waals surface area contributed by atoms with Crippen molar-refractivity contribution in [1.82, 2.24) is 25.2 Å². The molecule has 11 rings (SSSR count). The lowest BCUT2D eigenvalue weighted by Crippen LogP contribution is -2.47. The summed E-state index contributed by atoms with van der Waals surface area (Å²) in [6.07, 6.45) is 8.24. The second-order valence-electron chi connectivity index (χ2n) is 20.3. The summed E-state index contributed by atoms with van der Waals surface area (Å²) in [6, 6.07) is 29.5. The molecular weight excluding hydrogens is 941 g/mol. The van der Waals surface area contributed by atoms with E-state index in [1.807, 2.05) is 103 Å². The summed E-state index contributed by atoms with van der Waals surface area (Å²) in [7, 11) is 0. The van der Waals surface area contributed by atoms with Gasteiger partial charge in [-0.1, -0.05) is 67.1 Å². The van der Waals surface area contributed by atoms with Crippen LogP contribution in [0, 0.1) is 18.8 Å². The molecule has 3 aliphatic heterocycles. The fraction of sp³-hybridized carbons (Fsp3) is 0.386. The summed E-state index contributed by atoms with van der Waals surface area (Å²) in [6.45, 7) is 10.0. The molecule has 0 radical (unpaired) electrons. The van der Waals surface area contributed by atoms with Crippen LogP contribution in [-0.2, 0) is 22.6 Å². The summed E-state index contributed by atoms with van der Waals surface area (Å²) >= 11 is 1.44. The van der Waals surface area contributed by atoms with Crippen molar-refractivity contribution < 1.29 is 33.4 Å². The minimum atomic E-state index is -1.10. The molecule has 4 aliphatic rings. The standard InChI is InChI=1S/C57H60N8O7S/c1-34(32-63-27-29-64(30-28-63)57-59-45-22-17-38(31-48(45)72-57)41-21-24-51(66)61-53(41)67)13-14-36-15-18-39(19-16-36)71-47-11-6-8-40(35(47)2)42-20-23-50(60-52(42)55(69)70)65-26-25-37-7-5-9-43(44(37)33-65)54(68)62-56-58-46-10-3-4-12-49(46)73-56/h3-12,17,20,22-23,31,34,36,39,41H,13-16,18-19,21,24-30,32-33H2,1-2H3,(H,69,70)(H,58,62,68)(H,61,66,67)/t34-,36?,39?,41?/m1/s1. The number of hydrogen-bond donors (Lipinski definition) is 3. The second-order valence-corrected chi connectivity index (χ2v) is 21.3. The van der Waals surface area contributed by atoms with Crippen molar-refractivity contribution in [3.63, 3.8) is 0 Å². The van der Waals surface area contributed by atoms with Crippen molar-refractivity contribution in [1.29, 1.82) is 0 Å². The fourth-order valence-corrected chi connectivity index (χ4v) is 12.2. The molecule has 1 saturated carbocycles. The number of thiazole rings is 1. The third kappa shape index (κ3) is 10.4. The Hall–Kier alpha value is -7.17. The molecule has 3 N–H and O–H groups in total. The van der Waals surface area contributed by atoms with Gasteiger partial charge in [-0.3, -0.25) is 29.9 Å². The molecule has 7 aromatic rings. The number of hydrogen-bond acceptors (Lipinski definition) is 13. The number of carboxylic acids is 1. The number of aromatic carboxylic acids is 1. The van der Waals surface area contributed by atoms with E-state index in [2.05, 4.69) is 32.3 Å². The quantitative estimate of drug-likeness (QED) is 0.0876. The van der Waals surface area contributed by atoms with Gasteiger partial charge in [0.1, 0.15) is 17.1 Å². The molecular formula is C57H60N8O7S. The molecule has 3 aromatic heterocycles. The zero-order valence-corrected chi connectivity index (χ0v) is 42.1. The van der Waals surface area contributed by atoms with Crippen LogP contribution in [0.15, 0.2) is 95.4 Å². The summed E-state index contributed by atoms with van der Waals surface area (Å²) in [5.74, 6) is 0.411. The molecule has 16 heteroatoms. The van der Waals surface area contributed by atoms with Crippen molar-refractivity contribution in [2.24, 2.45) is 11.8 Å². The number of pyridine rings is 1. The van der Waals surface area contributed by atoms with Crippen LogP contribution in [0.25, 0.3) is 32.4 Å². The maximum atomic E-state index is 13.7. The number of piperazine rings is 1. The van der Waals surface area contributed by atoms with Crippen LogP contribution < -0.4 is 25.2 Å².